The third kappa shape index (κ3) is 2.93. The van der Waals surface area contributed by atoms with Crippen LogP contribution in [0.15, 0.2) is 18.2 Å². The molecule has 1 unspecified atom stereocenters. The van der Waals surface area contributed by atoms with Gasteiger partial charge in [0, 0.05) is 18.3 Å². The highest BCUT2D eigenvalue weighted by atomic mass is 19.1. The second-order valence-corrected chi connectivity index (χ2v) is 5.22. The first-order chi connectivity index (χ1) is 9.61. The first kappa shape index (κ1) is 14.8. The van der Waals surface area contributed by atoms with Crippen LogP contribution >= 0.6 is 0 Å². The zero-order chi connectivity index (χ0) is 14.6. The van der Waals surface area contributed by atoms with Crippen molar-refractivity contribution in [1.82, 2.24) is 5.32 Å². The van der Waals surface area contributed by atoms with Crippen LogP contribution in [-0.2, 0) is 4.79 Å². The Morgan fingerprint density at radius 3 is 2.95 bits per heavy atom. The zero-order valence-electron chi connectivity index (χ0n) is 12.0. The van der Waals surface area contributed by atoms with E-state index in [0.29, 0.717) is 12.2 Å². The van der Waals surface area contributed by atoms with Gasteiger partial charge < -0.3 is 15.4 Å². The van der Waals surface area contributed by atoms with E-state index in [1.807, 2.05) is 6.92 Å². The van der Waals surface area contributed by atoms with Gasteiger partial charge in [-0.3, -0.25) is 4.79 Å². The fraction of sp³-hybridized carbons (Fsp3) is 0.533. The van der Waals surface area contributed by atoms with Crippen molar-refractivity contribution in [1.29, 1.82) is 0 Å². The van der Waals surface area contributed by atoms with Gasteiger partial charge in [0.25, 0.3) is 0 Å². The molecule has 1 heterocycles. The Hall–Kier alpha value is -1.62. The van der Waals surface area contributed by atoms with Crippen LogP contribution in [0, 0.1) is 11.2 Å². The van der Waals surface area contributed by atoms with Crippen LogP contribution in [0.25, 0.3) is 0 Å². The maximum absolute atomic E-state index is 13.4. The molecule has 20 heavy (non-hydrogen) atoms. The van der Waals surface area contributed by atoms with Crippen LogP contribution in [-0.4, -0.2) is 26.1 Å². The highest BCUT2D eigenvalue weighted by Gasteiger charge is 2.37. The highest BCUT2D eigenvalue weighted by Crippen LogP contribution is 2.32. The normalized spacial score (nSPS) is 22.4. The molecule has 0 spiro atoms. The van der Waals surface area contributed by atoms with Crippen LogP contribution in [0.5, 0.6) is 5.75 Å². The predicted octanol–water partition coefficient (Wildman–Crippen LogP) is 2.55. The van der Waals surface area contributed by atoms with Crippen molar-refractivity contribution in [2.45, 2.75) is 26.2 Å². The standard InChI is InChI=1S/C15H21FN2O2/c1-3-15(7-4-8-17-10-15)14(19)18-11-5-6-12(16)13(9-11)20-2/h5-6,9,17H,3-4,7-8,10H2,1-2H3,(H,18,19). The number of hydrogen-bond acceptors (Lipinski definition) is 3. The maximum Gasteiger partial charge on any atom is 0.231 e. The molecule has 1 saturated heterocycles. The van der Waals surface area contributed by atoms with E-state index in [2.05, 4.69) is 10.6 Å². The fourth-order valence-corrected chi connectivity index (χ4v) is 2.63. The summed E-state index contributed by atoms with van der Waals surface area (Å²) in [5.74, 6) is -0.314. The van der Waals surface area contributed by atoms with Gasteiger partial charge >= 0.3 is 0 Å². The summed E-state index contributed by atoms with van der Waals surface area (Å²) in [5, 5.41) is 6.16. The fourth-order valence-electron chi connectivity index (χ4n) is 2.63. The number of halogens is 1. The molecule has 0 aliphatic carbocycles. The van der Waals surface area contributed by atoms with E-state index in [0.717, 1.165) is 25.8 Å². The quantitative estimate of drug-likeness (QED) is 0.891. The highest BCUT2D eigenvalue weighted by molar-refractivity contribution is 5.95. The van der Waals surface area contributed by atoms with E-state index in [9.17, 15) is 9.18 Å². The lowest BCUT2D eigenvalue weighted by molar-refractivity contribution is -0.126. The Labute approximate surface area is 118 Å². The number of anilines is 1. The number of piperidine rings is 1. The molecule has 0 saturated carbocycles. The summed E-state index contributed by atoms with van der Waals surface area (Å²) in [6.07, 6.45) is 2.65. The average molecular weight is 280 g/mol. The number of ether oxygens (including phenoxy) is 1. The molecule has 5 heteroatoms. The number of carbonyl (C=O) groups is 1. The Morgan fingerprint density at radius 2 is 2.35 bits per heavy atom. The largest absolute Gasteiger partial charge is 0.494 e. The summed E-state index contributed by atoms with van der Waals surface area (Å²) < 4.78 is 18.3. The van der Waals surface area contributed by atoms with Crippen molar-refractivity contribution in [2.75, 3.05) is 25.5 Å². The van der Waals surface area contributed by atoms with Crippen molar-refractivity contribution >= 4 is 11.6 Å². The molecular formula is C15H21FN2O2. The van der Waals surface area contributed by atoms with Crippen LogP contribution in [0.1, 0.15) is 26.2 Å². The van der Waals surface area contributed by atoms with Crippen LogP contribution < -0.4 is 15.4 Å². The molecule has 1 aromatic carbocycles. The SMILES string of the molecule is CCC1(C(=O)Nc2ccc(F)c(OC)c2)CCCNC1. The van der Waals surface area contributed by atoms with Gasteiger partial charge in [0.15, 0.2) is 11.6 Å². The third-order valence-electron chi connectivity index (χ3n) is 4.04. The van der Waals surface area contributed by atoms with Crippen molar-refractivity contribution in [3.8, 4) is 5.75 Å². The van der Waals surface area contributed by atoms with Gasteiger partial charge in [0.05, 0.1) is 12.5 Å². The van der Waals surface area contributed by atoms with Gasteiger partial charge in [0.2, 0.25) is 5.91 Å². The second kappa shape index (κ2) is 6.22. The minimum absolute atomic E-state index is 0.0131. The van der Waals surface area contributed by atoms with Crippen LogP contribution in [0.4, 0.5) is 10.1 Å². The second-order valence-electron chi connectivity index (χ2n) is 5.22. The van der Waals surface area contributed by atoms with Gasteiger partial charge in [-0.25, -0.2) is 4.39 Å². The summed E-state index contributed by atoms with van der Waals surface area (Å²) >= 11 is 0. The summed E-state index contributed by atoms with van der Waals surface area (Å²) in [6, 6.07) is 4.36. The van der Waals surface area contributed by atoms with Crippen molar-refractivity contribution in [3.63, 3.8) is 0 Å². The smallest absolute Gasteiger partial charge is 0.231 e. The lowest BCUT2D eigenvalue weighted by atomic mass is 9.77. The summed E-state index contributed by atoms with van der Waals surface area (Å²) in [6.45, 7) is 3.67. The molecule has 0 bridgehead atoms. The van der Waals surface area contributed by atoms with Gasteiger partial charge in [-0.1, -0.05) is 6.92 Å². The van der Waals surface area contributed by atoms with E-state index < -0.39 is 5.82 Å². The summed E-state index contributed by atoms with van der Waals surface area (Å²) in [4.78, 5) is 12.5. The molecule has 0 radical (unpaired) electrons. The third-order valence-corrected chi connectivity index (χ3v) is 4.04. The Bertz CT molecular complexity index is 485. The van der Waals surface area contributed by atoms with E-state index in [4.69, 9.17) is 4.74 Å². The van der Waals surface area contributed by atoms with Crippen molar-refractivity contribution in [2.24, 2.45) is 5.41 Å². The summed E-state index contributed by atoms with van der Waals surface area (Å²) in [7, 11) is 1.41. The molecule has 1 aliphatic heterocycles. The minimum atomic E-state index is -0.435. The molecule has 0 aromatic heterocycles. The van der Waals surface area contributed by atoms with Gasteiger partial charge in [0.1, 0.15) is 0 Å². The number of carbonyl (C=O) groups excluding carboxylic acids is 1. The molecule has 110 valence electrons. The molecule has 1 atom stereocenters. The molecule has 1 amide bonds. The Morgan fingerprint density at radius 1 is 1.55 bits per heavy atom. The van der Waals surface area contributed by atoms with Crippen molar-refractivity contribution < 1.29 is 13.9 Å². The number of nitrogens with one attached hydrogen (secondary N) is 2. The number of benzene rings is 1. The van der Waals surface area contributed by atoms with E-state index >= 15 is 0 Å². The first-order valence-corrected chi connectivity index (χ1v) is 6.97. The molecule has 1 aliphatic rings. The minimum Gasteiger partial charge on any atom is -0.494 e. The predicted molar refractivity (Wildman–Crippen MR) is 76.4 cm³/mol. The van der Waals surface area contributed by atoms with E-state index in [-0.39, 0.29) is 17.1 Å². The average Bonchev–Trinajstić information content (AvgIpc) is 2.49. The van der Waals surface area contributed by atoms with Gasteiger partial charge in [-0.15, -0.1) is 0 Å². The Balaban J connectivity index is 2.14. The zero-order valence-corrected chi connectivity index (χ0v) is 12.0. The first-order valence-electron chi connectivity index (χ1n) is 6.97. The van der Waals surface area contributed by atoms with Gasteiger partial charge in [-0.05, 0) is 37.9 Å². The topological polar surface area (TPSA) is 50.4 Å². The molecule has 1 aromatic rings. The number of amides is 1. The van der Waals surface area contributed by atoms with Crippen molar-refractivity contribution in [3.05, 3.63) is 24.0 Å². The lowest BCUT2D eigenvalue weighted by Gasteiger charge is -2.35. The van der Waals surface area contributed by atoms with E-state index in [1.54, 1.807) is 6.07 Å². The van der Waals surface area contributed by atoms with Crippen LogP contribution in [0.3, 0.4) is 0 Å². The molecule has 2 N–H and O–H groups in total. The Kier molecular flexibility index (Phi) is 4.60. The number of methoxy groups -OCH3 is 1. The molecule has 4 nitrogen and oxygen atoms in total. The lowest BCUT2D eigenvalue weighted by Crippen LogP contribution is -2.47. The molecular weight excluding hydrogens is 259 g/mol. The number of hydrogen-bond donors (Lipinski definition) is 2. The maximum atomic E-state index is 13.4. The monoisotopic (exact) mass is 280 g/mol. The number of rotatable bonds is 4. The van der Waals surface area contributed by atoms with E-state index in [1.165, 1.54) is 19.2 Å². The molecule has 1 fully saturated rings. The molecule has 2 rings (SSSR count). The van der Waals surface area contributed by atoms with Gasteiger partial charge in [-0.2, -0.15) is 0 Å². The van der Waals surface area contributed by atoms with Crippen LogP contribution in [0.2, 0.25) is 0 Å². The summed E-state index contributed by atoms with van der Waals surface area (Å²) in [5.41, 5.74) is 0.187.